The number of aromatic nitrogens is 6. The van der Waals surface area contributed by atoms with Crippen LogP contribution in [0.3, 0.4) is 0 Å². The molecule has 0 spiro atoms. The summed E-state index contributed by atoms with van der Waals surface area (Å²) in [6.45, 7) is 2.40. The molecule has 0 amide bonds. The van der Waals surface area contributed by atoms with Gasteiger partial charge in [0, 0.05) is 12.8 Å². The monoisotopic (exact) mass is 298 g/mol. The molecule has 2 aromatic heterocycles. The average Bonchev–Trinajstić information content (AvgIpc) is 3.18. The summed E-state index contributed by atoms with van der Waals surface area (Å²) >= 11 is 0. The summed E-state index contributed by atoms with van der Waals surface area (Å²) in [6, 6.07) is 10.4. The Bertz CT molecular complexity index is 706. The summed E-state index contributed by atoms with van der Waals surface area (Å²) in [5, 5.41) is 15.7. The van der Waals surface area contributed by atoms with Crippen molar-refractivity contribution in [2.75, 3.05) is 0 Å². The van der Waals surface area contributed by atoms with E-state index in [1.165, 1.54) is 5.56 Å². The molecule has 2 heterocycles. The van der Waals surface area contributed by atoms with Crippen LogP contribution in [0, 0.1) is 0 Å². The van der Waals surface area contributed by atoms with Crippen molar-refractivity contribution in [3.63, 3.8) is 0 Å². The summed E-state index contributed by atoms with van der Waals surface area (Å²) in [5.41, 5.74) is 1.33. The predicted molar refractivity (Wildman–Crippen MR) is 79.1 cm³/mol. The molecule has 0 bridgehead atoms. The van der Waals surface area contributed by atoms with Crippen LogP contribution in [0.15, 0.2) is 34.9 Å². The second-order valence-electron chi connectivity index (χ2n) is 5.05. The largest absolute Gasteiger partial charge is 0.337 e. The lowest BCUT2D eigenvalue weighted by molar-refractivity contribution is 0.358. The summed E-state index contributed by atoms with van der Waals surface area (Å²) < 4.78 is 6.90. The Morgan fingerprint density at radius 2 is 2.00 bits per heavy atom. The minimum Gasteiger partial charge on any atom is -0.337 e. The van der Waals surface area contributed by atoms with Crippen LogP contribution in [-0.4, -0.2) is 30.3 Å². The fourth-order valence-electron chi connectivity index (χ4n) is 2.25. The maximum Gasteiger partial charge on any atom is 0.248 e. The van der Waals surface area contributed by atoms with E-state index >= 15 is 0 Å². The van der Waals surface area contributed by atoms with E-state index in [1.54, 1.807) is 4.68 Å². The van der Waals surface area contributed by atoms with Crippen molar-refractivity contribution in [2.45, 2.75) is 39.2 Å². The summed E-state index contributed by atoms with van der Waals surface area (Å²) in [7, 11) is 0. The molecule has 114 valence electrons. The summed E-state index contributed by atoms with van der Waals surface area (Å²) in [4.78, 5) is 4.28. The molecular formula is C15H18N6O. The van der Waals surface area contributed by atoms with Gasteiger partial charge in [0.05, 0.1) is 0 Å². The highest BCUT2D eigenvalue weighted by Crippen LogP contribution is 2.07. The molecule has 0 aliphatic rings. The number of aryl methyl sites for hydroxylation is 3. The smallest absolute Gasteiger partial charge is 0.248 e. The zero-order chi connectivity index (χ0) is 15.2. The Balaban J connectivity index is 1.57. The Hall–Kier alpha value is -2.57. The number of nitrogens with zero attached hydrogens (tertiary/aromatic N) is 6. The maximum absolute atomic E-state index is 5.18. The fraction of sp³-hybridized carbons (Fsp3) is 0.400. The highest BCUT2D eigenvalue weighted by Gasteiger charge is 2.11. The van der Waals surface area contributed by atoms with Crippen LogP contribution in [-0.2, 0) is 25.8 Å². The number of rotatable bonds is 7. The van der Waals surface area contributed by atoms with Gasteiger partial charge < -0.3 is 4.52 Å². The fourth-order valence-corrected chi connectivity index (χ4v) is 2.25. The maximum atomic E-state index is 5.18. The number of hydrogen-bond donors (Lipinski definition) is 0. The van der Waals surface area contributed by atoms with Crippen molar-refractivity contribution in [1.29, 1.82) is 0 Å². The van der Waals surface area contributed by atoms with Gasteiger partial charge in [-0.05, 0) is 28.8 Å². The van der Waals surface area contributed by atoms with Crippen LogP contribution >= 0.6 is 0 Å². The molecule has 7 heteroatoms. The lowest BCUT2D eigenvalue weighted by Gasteiger charge is -2.02. The van der Waals surface area contributed by atoms with Gasteiger partial charge in [-0.25, -0.2) is 4.68 Å². The van der Waals surface area contributed by atoms with E-state index in [-0.39, 0.29) is 0 Å². The van der Waals surface area contributed by atoms with Crippen LogP contribution in [0.1, 0.15) is 36.4 Å². The first kappa shape index (κ1) is 14.4. The lowest BCUT2D eigenvalue weighted by atomic mass is 10.1. The molecule has 1 aromatic carbocycles. The SMILES string of the molecule is CCc1noc(Cn2nnnc2CCCc2ccccc2)n1. The lowest BCUT2D eigenvalue weighted by Crippen LogP contribution is -2.08. The average molecular weight is 298 g/mol. The van der Waals surface area contributed by atoms with Crippen LogP contribution < -0.4 is 0 Å². The third-order valence-corrected chi connectivity index (χ3v) is 3.43. The van der Waals surface area contributed by atoms with Crippen molar-refractivity contribution in [3.8, 4) is 0 Å². The molecule has 3 rings (SSSR count). The summed E-state index contributed by atoms with van der Waals surface area (Å²) in [6.07, 6.45) is 3.57. The van der Waals surface area contributed by atoms with E-state index < -0.39 is 0 Å². The highest BCUT2D eigenvalue weighted by molar-refractivity contribution is 5.14. The van der Waals surface area contributed by atoms with Gasteiger partial charge in [0.2, 0.25) is 5.89 Å². The van der Waals surface area contributed by atoms with Crippen LogP contribution in [0.2, 0.25) is 0 Å². The molecule has 22 heavy (non-hydrogen) atoms. The van der Waals surface area contributed by atoms with Gasteiger partial charge in [-0.3, -0.25) is 0 Å². The molecule has 0 unspecified atom stereocenters. The number of benzene rings is 1. The molecule has 7 nitrogen and oxygen atoms in total. The number of tetrazole rings is 1. The quantitative estimate of drug-likeness (QED) is 0.662. The van der Waals surface area contributed by atoms with Crippen molar-refractivity contribution in [2.24, 2.45) is 0 Å². The van der Waals surface area contributed by atoms with E-state index in [2.05, 4.69) is 49.9 Å². The van der Waals surface area contributed by atoms with Gasteiger partial charge in [-0.2, -0.15) is 4.98 Å². The first-order valence-electron chi connectivity index (χ1n) is 7.45. The predicted octanol–water partition coefficient (Wildman–Crippen LogP) is 1.84. The molecule has 0 saturated carbocycles. The van der Waals surface area contributed by atoms with Crippen molar-refractivity contribution in [3.05, 3.63) is 53.4 Å². The summed E-state index contributed by atoms with van der Waals surface area (Å²) in [5.74, 6) is 2.08. The molecule has 0 fully saturated rings. The van der Waals surface area contributed by atoms with Crippen LogP contribution in [0.4, 0.5) is 0 Å². The first-order valence-corrected chi connectivity index (χ1v) is 7.45. The molecule has 0 radical (unpaired) electrons. The molecule has 0 atom stereocenters. The second-order valence-corrected chi connectivity index (χ2v) is 5.05. The Labute approximate surface area is 128 Å². The molecule has 0 aliphatic heterocycles. The number of hydrogen-bond acceptors (Lipinski definition) is 6. The van der Waals surface area contributed by atoms with Crippen molar-refractivity contribution >= 4 is 0 Å². The van der Waals surface area contributed by atoms with E-state index in [0.29, 0.717) is 18.3 Å². The second kappa shape index (κ2) is 6.93. The minimum absolute atomic E-state index is 0.417. The molecule has 0 aliphatic carbocycles. The van der Waals surface area contributed by atoms with Gasteiger partial charge in [0.1, 0.15) is 6.54 Å². The van der Waals surface area contributed by atoms with Gasteiger partial charge >= 0.3 is 0 Å². The van der Waals surface area contributed by atoms with E-state index in [1.807, 2.05) is 13.0 Å². The minimum atomic E-state index is 0.417. The van der Waals surface area contributed by atoms with Gasteiger partial charge in [-0.1, -0.05) is 42.4 Å². The Morgan fingerprint density at radius 1 is 1.14 bits per heavy atom. The molecular weight excluding hydrogens is 280 g/mol. The Morgan fingerprint density at radius 3 is 2.77 bits per heavy atom. The van der Waals surface area contributed by atoms with Crippen LogP contribution in [0.25, 0.3) is 0 Å². The standard InChI is InChI=1S/C15H18N6O/c1-2-13-16-15(22-18-13)11-21-14(17-19-20-21)10-6-9-12-7-4-3-5-8-12/h3-5,7-8H,2,6,9-11H2,1H3. The van der Waals surface area contributed by atoms with E-state index in [4.69, 9.17) is 4.52 Å². The molecule has 3 aromatic rings. The third-order valence-electron chi connectivity index (χ3n) is 3.43. The normalized spacial score (nSPS) is 11.0. The topological polar surface area (TPSA) is 82.5 Å². The molecule has 0 N–H and O–H groups in total. The van der Waals surface area contributed by atoms with E-state index in [9.17, 15) is 0 Å². The third kappa shape index (κ3) is 3.55. The van der Waals surface area contributed by atoms with E-state index in [0.717, 1.165) is 31.5 Å². The Kier molecular flexibility index (Phi) is 4.53. The highest BCUT2D eigenvalue weighted by atomic mass is 16.5. The zero-order valence-electron chi connectivity index (χ0n) is 12.5. The van der Waals surface area contributed by atoms with Gasteiger partial charge in [0.15, 0.2) is 11.6 Å². The van der Waals surface area contributed by atoms with Crippen molar-refractivity contribution < 1.29 is 4.52 Å². The van der Waals surface area contributed by atoms with Gasteiger partial charge in [0.25, 0.3) is 0 Å². The van der Waals surface area contributed by atoms with Gasteiger partial charge in [-0.15, -0.1) is 5.10 Å². The van der Waals surface area contributed by atoms with Crippen molar-refractivity contribution in [1.82, 2.24) is 30.3 Å². The molecule has 0 saturated heterocycles. The van der Waals surface area contributed by atoms with Crippen LogP contribution in [0.5, 0.6) is 0 Å². The zero-order valence-corrected chi connectivity index (χ0v) is 12.5. The first-order chi connectivity index (χ1) is 10.8.